The number of nitrogens with two attached hydrogens (primary N) is 2. The molecule has 0 unspecified atom stereocenters. The molecule has 2 amide bonds. The van der Waals surface area contributed by atoms with Crippen LogP contribution in [0.15, 0.2) is 0 Å². The van der Waals surface area contributed by atoms with Gasteiger partial charge in [0.25, 0.3) is 0 Å². The van der Waals surface area contributed by atoms with Gasteiger partial charge in [0, 0.05) is 0 Å². The molecule has 32 valence electrons. The van der Waals surface area contributed by atoms with Crippen LogP contribution in [-0.4, -0.2) is 21.8 Å². The van der Waals surface area contributed by atoms with E-state index in [9.17, 15) is 0 Å². The summed E-state index contributed by atoms with van der Waals surface area (Å²) in [4.78, 5) is 9.00. The van der Waals surface area contributed by atoms with Crippen LogP contribution in [0.3, 0.4) is 0 Å². The summed E-state index contributed by atoms with van der Waals surface area (Å²) in [6.07, 6.45) is 0. The van der Waals surface area contributed by atoms with Gasteiger partial charge in [0.2, 0.25) is 0 Å². The second-order valence-corrected chi connectivity index (χ2v) is 0.402. The van der Waals surface area contributed by atoms with Gasteiger partial charge in [0.05, 0.1) is 0 Å². The summed E-state index contributed by atoms with van der Waals surface area (Å²) in [6, 6.07) is -0.833. The van der Waals surface area contributed by atoms with E-state index < -0.39 is 6.03 Å². The second kappa shape index (κ2) is 9.02. The Morgan fingerprint density at radius 1 is 1.50 bits per heavy atom. The van der Waals surface area contributed by atoms with Gasteiger partial charge in [-0.15, -0.1) is 0 Å². The van der Waals surface area contributed by atoms with Gasteiger partial charge in [-0.3, -0.25) is 0 Å². The number of hydrogen-bond acceptors (Lipinski definition) is 1. The first-order chi connectivity index (χ1) is 2.73. The molecule has 0 atom stereocenters. The molecule has 0 rings (SSSR count). The van der Waals surface area contributed by atoms with Crippen molar-refractivity contribution in [2.75, 3.05) is 0 Å². The summed E-state index contributed by atoms with van der Waals surface area (Å²) in [5.41, 5.74) is 8.50. The first-order valence-electron chi connectivity index (χ1n) is 1.16. The average Bonchev–Trinajstić information content (AvgIpc) is 1.41. The third-order valence-electron chi connectivity index (χ3n) is 0. The van der Waals surface area contributed by atoms with E-state index in [1.165, 1.54) is 0 Å². The Balaban J connectivity index is 0. The molecule has 4 N–H and O–H groups in total. The van der Waals surface area contributed by atoms with Gasteiger partial charge in [-0.2, -0.15) is 0 Å². The Bertz CT molecular complexity index is 36.5. The van der Waals surface area contributed by atoms with E-state index in [4.69, 9.17) is 4.79 Å². The van der Waals surface area contributed by atoms with E-state index in [0.29, 0.717) is 0 Å². The van der Waals surface area contributed by atoms with Crippen LogP contribution in [0.5, 0.6) is 0 Å². The Morgan fingerprint density at radius 3 is 1.50 bits per heavy atom. The van der Waals surface area contributed by atoms with E-state index in [-0.39, 0.29) is 0 Å². The Kier molecular flexibility index (Phi) is 14.4. The van der Waals surface area contributed by atoms with Crippen LogP contribution < -0.4 is 11.5 Å². The molecular weight excluding hydrogens is 143 g/mol. The summed E-state index contributed by atoms with van der Waals surface area (Å²) in [5, 5.41) is 0. The summed E-state index contributed by atoms with van der Waals surface area (Å²) < 4.78 is 0. The van der Waals surface area contributed by atoms with Crippen LogP contribution in [0.25, 0.3) is 0 Å². The first kappa shape index (κ1) is 9.60. The fourth-order valence-corrected chi connectivity index (χ4v) is 0. The molecule has 0 fully saturated rings. The average molecular weight is 147 g/mol. The fraction of sp³-hybridized carbons (Fsp3) is 0. The van der Waals surface area contributed by atoms with Crippen LogP contribution in [0.1, 0.15) is 0 Å². The van der Waals surface area contributed by atoms with Gasteiger partial charge < -0.3 is 11.5 Å². The molecule has 0 aromatic rings. The molecule has 0 saturated heterocycles. The number of halogens is 1. The van der Waals surface area contributed by atoms with Gasteiger partial charge in [0.15, 0.2) is 0 Å². The van der Waals surface area contributed by atoms with Crippen molar-refractivity contribution in [3.63, 3.8) is 0 Å². The van der Waals surface area contributed by atoms with E-state index in [1.807, 2.05) is 15.8 Å². The van der Waals surface area contributed by atoms with Crippen LogP contribution in [0.2, 0.25) is 0 Å². The number of urea groups is 1. The van der Waals surface area contributed by atoms with Crippen LogP contribution >= 0.6 is 13.7 Å². The Labute approximate surface area is 52.1 Å². The van der Waals surface area contributed by atoms with Crippen molar-refractivity contribution in [2.45, 2.75) is 0 Å². The zero-order valence-corrected chi connectivity index (χ0v) is 5.03. The molecule has 5 heteroatoms. The molecule has 0 aliphatic carbocycles. The van der Waals surface area contributed by atoms with Gasteiger partial charge in [-0.25, -0.2) is 4.79 Å². The van der Waals surface area contributed by atoms with E-state index >= 15 is 0 Å². The summed E-state index contributed by atoms with van der Waals surface area (Å²) >= 11 is 4.75. The number of amides is 2. The Morgan fingerprint density at radius 2 is 1.50 bits per heavy atom. The van der Waals surface area contributed by atoms with Gasteiger partial charge >= 0.3 is 35.6 Å². The molecule has 0 aliphatic rings. The summed E-state index contributed by atoms with van der Waals surface area (Å²) in [6.45, 7) is 0. The third kappa shape index (κ3) is 404. The molecule has 0 aromatic carbocycles. The number of carbonyl (C=O) groups excluding carboxylic acids is 1. The quantitative estimate of drug-likeness (QED) is 0.445. The van der Waals surface area contributed by atoms with E-state index in [2.05, 4.69) is 25.2 Å². The SMILES string of the molecule is NC(N)=O.[Li][Br]. The zero-order chi connectivity index (χ0) is 5.58. The molecule has 3 nitrogen and oxygen atoms in total. The topological polar surface area (TPSA) is 69.1 Å². The third-order valence-corrected chi connectivity index (χ3v) is 0. The van der Waals surface area contributed by atoms with Crippen molar-refractivity contribution >= 4 is 35.6 Å². The monoisotopic (exact) mass is 146 g/mol. The van der Waals surface area contributed by atoms with Crippen molar-refractivity contribution in [2.24, 2.45) is 11.5 Å². The normalized spacial score (nSPS) is 5.17. The minimum atomic E-state index is -0.833. The molecule has 0 spiro atoms. The molecule has 0 bridgehead atoms. The molecule has 0 aliphatic heterocycles. The number of carbonyl (C=O) groups is 1. The first-order valence-corrected chi connectivity index (χ1v) is 2.75. The van der Waals surface area contributed by atoms with Gasteiger partial charge in [-0.1, -0.05) is 0 Å². The molecular formula is CH4BrLiN2O. The zero-order valence-electron chi connectivity index (χ0n) is 3.44. The van der Waals surface area contributed by atoms with E-state index in [0.717, 1.165) is 0 Å². The Hall–Kier alpha value is 0.347. The summed E-state index contributed by atoms with van der Waals surface area (Å²) in [7, 11) is 0. The summed E-state index contributed by atoms with van der Waals surface area (Å²) in [5.74, 6) is 0. The molecule has 0 radical (unpaired) electrons. The van der Waals surface area contributed by atoms with Crippen LogP contribution in [-0.2, 0) is 0 Å². The standard InChI is InChI=1S/CH4N2O.BrH.Li/c2-1(3)4;;/h(H4,2,3,4);1H;/q;;+1/p-1. The maximum absolute atomic E-state index is 9.00. The number of hydrogen-bond donors (Lipinski definition) is 2. The van der Waals surface area contributed by atoms with Crippen LogP contribution in [0, 0.1) is 0 Å². The van der Waals surface area contributed by atoms with Crippen molar-refractivity contribution < 1.29 is 4.79 Å². The number of rotatable bonds is 0. The maximum atomic E-state index is 9.00. The van der Waals surface area contributed by atoms with E-state index in [1.54, 1.807) is 0 Å². The molecule has 0 saturated carbocycles. The predicted molar refractivity (Wildman–Crippen MR) is 28.5 cm³/mol. The number of primary amides is 2. The predicted octanol–water partition coefficient (Wildman–Crippen LogP) is -0.511. The van der Waals surface area contributed by atoms with Gasteiger partial charge in [0.1, 0.15) is 0 Å². The molecule has 0 heterocycles. The molecule has 6 heavy (non-hydrogen) atoms. The minimum absolute atomic E-state index is 0.833. The van der Waals surface area contributed by atoms with Crippen molar-refractivity contribution in [1.29, 1.82) is 0 Å². The van der Waals surface area contributed by atoms with Crippen molar-refractivity contribution in [1.82, 2.24) is 0 Å². The van der Waals surface area contributed by atoms with Gasteiger partial charge in [-0.05, 0) is 0 Å². The van der Waals surface area contributed by atoms with Crippen molar-refractivity contribution in [3.05, 3.63) is 0 Å². The molecule has 0 aromatic heterocycles. The second-order valence-electron chi connectivity index (χ2n) is 0.402. The van der Waals surface area contributed by atoms with Crippen LogP contribution in [0.4, 0.5) is 4.79 Å². The fourth-order valence-electron chi connectivity index (χ4n) is 0. The van der Waals surface area contributed by atoms with Crippen molar-refractivity contribution in [3.8, 4) is 0 Å².